The second-order valence-electron chi connectivity index (χ2n) is 7.42. The van der Waals surface area contributed by atoms with Gasteiger partial charge in [0.25, 0.3) is 0 Å². The maximum Gasteiger partial charge on any atom is 0.323 e. The Balaban J connectivity index is 1.41. The van der Waals surface area contributed by atoms with Gasteiger partial charge < -0.3 is 16.4 Å². The molecule has 33 heavy (non-hydrogen) atoms. The van der Waals surface area contributed by atoms with E-state index < -0.39 is 0 Å². The van der Waals surface area contributed by atoms with Gasteiger partial charge in [-0.2, -0.15) is 5.10 Å². The largest absolute Gasteiger partial charge is 0.382 e. The lowest BCUT2D eigenvalue weighted by molar-refractivity contribution is 0.262. The molecule has 5 rings (SSSR count). The molecule has 2 aromatic heterocycles. The van der Waals surface area contributed by atoms with Crippen LogP contribution in [-0.2, 0) is 0 Å². The smallest absolute Gasteiger partial charge is 0.323 e. The number of carbonyl (C=O) groups is 1. The van der Waals surface area contributed by atoms with Crippen molar-refractivity contribution in [3.63, 3.8) is 0 Å². The maximum atomic E-state index is 12.3. The standard InChI is InChI=1S/C25H19ClN6O/c26-17-2-1-3-19(14-17)30-25(33)29-18-6-4-15(5-7-18)20-8-9-21(16-10-12-28-13-11-16)23-22(20)24(27)32-31-23/h1-14H,(H3,27,31,32)(H2,29,30,33). The Labute approximate surface area is 194 Å². The molecule has 2 heterocycles. The zero-order valence-electron chi connectivity index (χ0n) is 17.3. The number of fused-ring (bicyclic) bond motifs is 1. The summed E-state index contributed by atoms with van der Waals surface area (Å²) in [6.45, 7) is 0. The summed E-state index contributed by atoms with van der Waals surface area (Å²) in [4.78, 5) is 16.4. The van der Waals surface area contributed by atoms with Gasteiger partial charge in [-0.25, -0.2) is 4.79 Å². The van der Waals surface area contributed by atoms with Crippen LogP contribution in [0.4, 0.5) is 22.0 Å². The Morgan fingerprint density at radius 1 is 0.848 bits per heavy atom. The number of H-pyrrole nitrogens is 1. The highest BCUT2D eigenvalue weighted by Crippen LogP contribution is 2.37. The number of hydrogen-bond donors (Lipinski definition) is 4. The molecule has 5 N–H and O–H groups in total. The molecule has 162 valence electrons. The predicted octanol–water partition coefficient (Wildman–Crippen LogP) is 6.17. The molecule has 0 aliphatic rings. The fraction of sp³-hybridized carbons (Fsp3) is 0. The number of halogens is 1. The van der Waals surface area contributed by atoms with Gasteiger partial charge in [-0.15, -0.1) is 0 Å². The highest BCUT2D eigenvalue weighted by atomic mass is 35.5. The number of nitrogens with two attached hydrogens (primary N) is 1. The van der Waals surface area contributed by atoms with E-state index in [1.54, 1.807) is 36.7 Å². The molecule has 0 saturated heterocycles. The number of nitrogen functional groups attached to an aromatic ring is 1. The summed E-state index contributed by atoms with van der Waals surface area (Å²) in [5.74, 6) is 0.430. The van der Waals surface area contributed by atoms with Crippen LogP contribution in [0.5, 0.6) is 0 Å². The number of anilines is 3. The number of urea groups is 1. The highest BCUT2D eigenvalue weighted by molar-refractivity contribution is 6.30. The molecule has 0 radical (unpaired) electrons. The van der Waals surface area contributed by atoms with Crippen LogP contribution in [0.1, 0.15) is 0 Å². The molecule has 5 aromatic rings. The van der Waals surface area contributed by atoms with Gasteiger partial charge in [-0.1, -0.05) is 41.9 Å². The van der Waals surface area contributed by atoms with E-state index in [0.29, 0.717) is 22.2 Å². The van der Waals surface area contributed by atoms with Crippen molar-refractivity contribution in [2.24, 2.45) is 0 Å². The Kier molecular flexibility index (Phi) is 5.38. The average molecular weight is 455 g/mol. The van der Waals surface area contributed by atoms with Crippen molar-refractivity contribution in [3.05, 3.63) is 90.2 Å². The molecule has 0 spiro atoms. The van der Waals surface area contributed by atoms with Crippen molar-refractivity contribution in [2.45, 2.75) is 0 Å². The van der Waals surface area contributed by atoms with E-state index >= 15 is 0 Å². The topological polar surface area (TPSA) is 109 Å². The minimum absolute atomic E-state index is 0.354. The zero-order chi connectivity index (χ0) is 22.8. The number of nitrogens with zero attached hydrogens (tertiary/aromatic N) is 2. The molecule has 3 aromatic carbocycles. The van der Waals surface area contributed by atoms with Crippen molar-refractivity contribution in [3.8, 4) is 22.3 Å². The van der Waals surface area contributed by atoms with Crippen molar-refractivity contribution in [2.75, 3.05) is 16.4 Å². The highest BCUT2D eigenvalue weighted by Gasteiger charge is 2.15. The fourth-order valence-corrected chi connectivity index (χ4v) is 3.95. The van der Waals surface area contributed by atoms with Gasteiger partial charge in [0, 0.05) is 34.4 Å². The van der Waals surface area contributed by atoms with Crippen LogP contribution in [0.3, 0.4) is 0 Å². The summed E-state index contributed by atoms with van der Waals surface area (Å²) in [6, 6.07) is 22.1. The summed E-state index contributed by atoms with van der Waals surface area (Å²) in [5, 5.41) is 14.3. The zero-order valence-corrected chi connectivity index (χ0v) is 18.1. The minimum atomic E-state index is -0.354. The van der Waals surface area contributed by atoms with Crippen LogP contribution < -0.4 is 16.4 Å². The number of rotatable bonds is 4. The van der Waals surface area contributed by atoms with Gasteiger partial charge in [0.1, 0.15) is 0 Å². The summed E-state index contributed by atoms with van der Waals surface area (Å²) >= 11 is 5.96. The van der Waals surface area contributed by atoms with Crippen LogP contribution in [0.15, 0.2) is 85.2 Å². The van der Waals surface area contributed by atoms with E-state index in [0.717, 1.165) is 33.2 Å². The first kappa shape index (κ1) is 20.5. The van der Waals surface area contributed by atoms with E-state index in [4.69, 9.17) is 17.3 Å². The molecule has 2 amide bonds. The third kappa shape index (κ3) is 4.22. The number of aromatic nitrogens is 3. The van der Waals surface area contributed by atoms with E-state index in [2.05, 4.69) is 25.8 Å². The normalized spacial score (nSPS) is 10.8. The number of amides is 2. The van der Waals surface area contributed by atoms with Crippen molar-refractivity contribution in [1.82, 2.24) is 15.2 Å². The molecule has 0 aliphatic carbocycles. The lowest BCUT2D eigenvalue weighted by Gasteiger charge is -2.11. The summed E-state index contributed by atoms with van der Waals surface area (Å²) < 4.78 is 0. The molecular formula is C25H19ClN6O. The quantitative estimate of drug-likeness (QED) is 0.260. The molecule has 0 unspecified atom stereocenters. The molecule has 7 nitrogen and oxygen atoms in total. The first-order valence-electron chi connectivity index (χ1n) is 10.2. The average Bonchev–Trinajstić information content (AvgIpc) is 3.21. The van der Waals surface area contributed by atoms with E-state index in [1.807, 2.05) is 48.5 Å². The second-order valence-corrected chi connectivity index (χ2v) is 7.86. The Hall–Kier alpha value is -4.36. The second kappa shape index (κ2) is 8.64. The molecule has 0 saturated carbocycles. The SMILES string of the molecule is Nc1n[nH]c2c(-c3ccncc3)ccc(-c3ccc(NC(=O)Nc4cccc(Cl)c4)cc3)c12. The van der Waals surface area contributed by atoms with Gasteiger partial charge in [0.15, 0.2) is 5.82 Å². The third-order valence-corrected chi connectivity index (χ3v) is 5.51. The Morgan fingerprint density at radius 3 is 2.30 bits per heavy atom. The number of nitrogens with one attached hydrogen (secondary N) is 3. The number of benzene rings is 3. The van der Waals surface area contributed by atoms with Gasteiger partial charge >= 0.3 is 6.03 Å². The molecule has 0 bridgehead atoms. The van der Waals surface area contributed by atoms with Gasteiger partial charge in [0.05, 0.1) is 10.9 Å². The molecule has 8 heteroatoms. The molecule has 0 aliphatic heterocycles. The summed E-state index contributed by atoms with van der Waals surface area (Å²) in [6.07, 6.45) is 3.51. The Bertz CT molecular complexity index is 1450. The van der Waals surface area contributed by atoms with Crippen LogP contribution in [0, 0.1) is 0 Å². The first-order valence-corrected chi connectivity index (χ1v) is 10.6. The minimum Gasteiger partial charge on any atom is -0.382 e. The number of aromatic amines is 1. The van der Waals surface area contributed by atoms with Crippen LogP contribution in [-0.4, -0.2) is 21.2 Å². The van der Waals surface area contributed by atoms with E-state index in [-0.39, 0.29) is 6.03 Å². The van der Waals surface area contributed by atoms with Gasteiger partial charge in [0.2, 0.25) is 0 Å². The van der Waals surface area contributed by atoms with Crippen molar-refractivity contribution >= 4 is 45.7 Å². The van der Waals surface area contributed by atoms with Crippen LogP contribution in [0.2, 0.25) is 5.02 Å². The maximum absolute atomic E-state index is 12.3. The lowest BCUT2D eigenvalue weighted by Crippen LogP contribution is -2.19. The Morgan fingerprint density at radius 2 is 1.55 bits per heavy atom. The van der Waals surface area contributed by atoms with E-state index in [9.17, 15) is 4.79 Å². The predicted molar refractivity (Wildman–Crippen MR) is 133 cm³/mol. The van der Waals surface area contributed by atoms with Crippen LogP contribution in [0.25, 0.3) is 33.2 Å². The van der Waals surface area contributed by atoms with Crippen molar-refractivity contribution < 1.29 is 4.79 Å². The van der Waals surface area contributed by atoms with Crippen molar-refractivity contribution in [1.29, 1.82) is 0 Å². The number of hydrogen-bond acceptors (Lipinski definition) is 4. The monoisotopic (exact) mass is 454 g/mol. The molecular weight excluding hydrogens is 436 g/mol. The van der Waals surface area contributed by atoms with Gasteiger partial charge in [-0.05, 0) is 59.2 Å². The molecule has 0 atom stereocenters. The number of pyridine rings is 1. The van der Waals surface area contributed by atoms with Crippen LogP contribution >= 0.6 is 11.6 Å². The first-order chi connectivity index (χ1) is 16.1. The van der Waals surface area contributed by atoms with Gasteiger partial charge in [-0.3, -0.25) is 10.1 Å². The molecule has 0 fully saturated rings. The lowest BCUT2D eigenvalue weighted by atomic mass is 9.96. The summed E-state index contributed by atoms with van der Waals surface area (Å²) in [5.41, 5.74) is 12.3. The fourth-order valence-electron chi connectivity index (χ4n) is 3.76. The number of carbonyl (C=O) groups excluding carboxylic acids is 1. The summed E-state index contributed by atoms with van der Waals surface area (Å²) in [7, 11) is 0. The third-order valence-electron chi connectivity index (χ3n) is 5.28. The van der Waals surface area contributed by atoms with E-state index in [1.165, 1.54) is 0 Å².